The SMILES string of the molecule is CCCCN(C(=O)COc1ccc2c(C)cc(=O)oc2c1)c1c(N)n(CC(C)C)c(=O)[nH]c1=O. The molecule has 3 rings (SSSR count). The van der Waals surface area contributed by atoms with Crippen molar-refractivity contribution < 1.29 is 13.9 Å². The predicted molar refractivity (Wildman–Crippen MR) is 131 cm³/mol. The minimum absolute atomic E-state index is 0.0603. The Morgan fingerprint density at radius 3 is 2.65 bits per heavy atom. The number of aryl methyl sites for hydroxylation is 1. The smallest absolute Gasteiger partial charge is 0.336 e. The summed E-state index contributed by atoms with van der Waals surface area (Å²) in [6.07, 6.45) is 1.39. The number of hydrogen-bond donors (Lipinski definition) is 2. The second-order valence-corrected chi connectivity index (χ2v) is 8.59. The fourth-order valence-electron chi connectivity index (χ4n) is 3.68. The van der Waals surface area contributed by atoms with E-state index < -0.39 is 22.8 Å². The van der Waals surface area contributed by atoms with Gasteiger partial charge in [0.15, 0.2) is 12.3 Å². The molecule has 0 fully saturated rings. The molecule has 182 valence electrons. The van der Waals surface area contributed by atoms with Gasteiger partial charge in [0.2, 0.25) is 0 Å². The number of carbonyl (C=O) groups excluding carboxylic acids is 1. The van der Waals surface area contributed by atoms with E-state index in [4.69, 9.17) is 14.9 Å². The molecule has 1 amide bonds. The highest BCUT2D eigenvalue weighted by molar-refractivity contribution is 5.96. The van der Waals surface area contributed by atoms with Gasteiger partial charge in [0.25, 0.3) is 11.5 Å². The number of ether oxygens (including phenoxy) is 1. The first-order valence-electron chi connectivity index (χ1n) is 11.2. The van der Waals surface area contributed by atoms with Gasteiger partial charge in [-0.25, -0.2) is 9.59 Å². The summed E-state index contributed by atoms with van der Waals surface area (Å²) in [5, 5.41) is 0.759. The van der Waals surface area contributed by atoms with E-state index in [2.05, 4.69) is 4.98 Å². The third-order valence-electron chi connectivity index (χ3n) is 5.35. The van der Waals surface area contributed by atoms with Crippen molar-refractivity contribution in [2.45, 2.75) is 47.1 Å². The van der Waals surface area contributed by atoms with Crippen LogP contribution in [0.25, 0.3) is 11.0 Å². The average molecular weight is 471 g/mol. The van der Waals surface area contributed by atoms with Gasteiger partial charge in [0.1, 0.15) is 17.2 Å². The number of aromatic amines is 1. The van der Waals surface area contributed by atoms with E-state index in [1.165, 1.54) is 21.6 Å². The average Bonchev–Trinajstić information content (AvgIpc) is 2.76. The molecule has 10 nitrogen and oxygen atoms in total. The molecule has 0 spiro atoms. The second kappa shape index (κ2) is 10.4. The van der Waals surface area contributed by atoms with E-state index in [0.717, 1.165) is 17.4 Å². The largest absolute Gasteiger partial charge is 0.484 e. The molecule has 2 aromatic heterocycles. The number of anilines is 2. The number of amides is 1. The summed E-state index contributed by atoms with van der Waals surface area (Å²) < 4.78 is 12.1. The molecule has 34 heavy (non-hydrogen) atoms. The molecule has 0 aliphatic rings. The van der Waals surface area contributed by atoms with Crippen LogP contribution in [0.4, 0.5) is 11.5 Å². The van der Waals surface area contributed by atoms with Gasteiger partial charge < -0.3 is 19.8 Å². The maximum atomic E-state index is 13.1. The van der Waals surface area contributed by atoms with E-state index >= 15 is 0 Å². The first kappa shape index (κ1) is 24.8. The third-order valence-corrected chi connectivity index (χ3v) is 5.35. The normalized spacial score (nSPS) is 11.2. The molecule has 0 saturated carbocycles. The van der Waals surface area contributed by atoms with E-state index in [0.29, 0.717) is 24.3 Å². The molecule has 3 aromatic rings. The van der Waals surface area contributed by atoms with Crippen LogP contribution in [0, 0.1) is 12.8 Å². The van der Waals surface area contributed by atoms with Crippen molar-refractivity contribution in [1.29, 1.82) is 0 Å². The number of unbranched alkanes of at least 4 members (excludes halogenated alkanes) is 1. The molecular weight excluding hydrogens is 440 g/mol. The first-order valence-corrected chi connectivity index (χ1v) is 11.2. The van der Waals surface area contributed by atoms with Gasteiger partial charge in [0.05, 0.1) is 0 Å². The van der Waals surface area contributed by atoms with Crippen molar-refractivity contribution in [3.8, 4) is 5.75 Å². The quantitative estimate of drug-likeness (QED) is 0.458. The lowest BCUT2D eigenvalue weighted by atomic mass is 10.1. The Hall–Kier alpha value is -3.82. The van der Waals surface area contributed by atoms with Gasteiger partial charge in [-0.15, -0.1) is 0 Å². The minimum Gasteiger partial charge on any atom is -0.484 e. The maximum Gasteiger partial charge on any atom is 0.336 e. The number of aromatic nitrogens is 2. The summed E-state index contributed by atoms with van der Waals surface area (Å²) in [7, 11) is 0. The van der Waals surface area contributed by atoms with Crippen molar-refractivity contribution >= 4 is 28.4 Å². The van der Waals surface area contributed by atoms with E-state index in [1.54, 1.807) is 19.1 Å². The van der Waals surface area contributed by atoms with Crippen LogP contribution in [-0.4, -0.2) is 28.6 Å². The Morgan fingerprint density at radius 2 is 1.97 bits per heavy atom. The van der Waals surface area contributed by atoms with Gasteiger partial charge in [-0.2, -0.15) is 0 Å². The highest BCUT2D eigenvalue weighted by atomic mass is 16.5. The van der Waals surface area contributed by atoms with Gasteiger partial charge in [-0.1, -0.05) is 27.2 Å². The standard InChI is InChI=1S/C24H30N4O6/c1-5-6-9-27(21-22(25)28(12-14(2)3)24(32)26-23(21)31)19(29)13-33-16-7-8-17-15(4)10-20(30)34-18(17)11-16/h7-8,10-11,14H,5-6,9,12-13,25H2,1-4H3,(H,26,31,32). The molecule has 0 radical (unpaired) electrons. The lowest BCUT2D eigenvalue weighted by Gasteiger charge is -2.25. The molecule has 0 aliphatic carbocycles. The van der Waals surface area contributed by atoms with Crippen LogP contribution in [0.15, 0.2) is 43.1 Å². The van der Waals surface area contributed by atoms with Crippen molar-refractivity contribution in [3.05, 3.63) is 61.1 Å². The predicted octanol–water partition coefficient (Wildman–Crippen LogP) is 2.40. The Kier molecular flexibility index (Phi) is 7.60. The first-order chi connectivity index (χ1) is 16.1. The van der Waals surface area contributed by atoms with Crippen molar-refractivity contribution in [3.63, 3.8) is 0 Å². The van der Waals surface area contributed by atoms with Crippen LogP contribution in [0.5, 0.6) is 5.75 Å². The molecule has 0 unspecified atom stereocenters. The van der Waals surface area contributed by atoms with Crippen molar-refractivity contribution in [2.24, 2.45) is 5.92 Å². The monoisotopic (exact) mass is 470 g/mol. The molecule has 0 atom stereocenters. The Labute approximate surface area is 195 Å². The Morgan fingerprint density at radius 1 is 1.24 bits per heavy atom. The third kappa shape index (κ3) is 5.38. The molecule has 0 bridgehead atoms. The molecule has 10 heteroatoms. The lowest BCUT2D eigenvalue weighted by molar-refractivity contribution is -0.120. The number of carbonyl (C=O) groups is 1. The van der Waals surface area contributed by atoms with Gasteiger partial charge in [-0.3, -0.25) is 19.1 Å². The minimum atomic E-state index is -0.727. The van der Waals surface area contributed by atoms with Gasteiger partial charge in [0, 0.05) is 30.6 Å². The maximum absolute atomic E-state index is 13.1. The van der Waals surface area contributed by atoms with Crippen LogP contribution in [0.3, 0.4) is 0 Å². The van der Waals surface area contributed by atoms with E-state index in [1.807, 2.05) is 20.8 Å². The van der Waals surface area contributed by atoms with Crippen LogP contribution < -0.4 is 32.2 Å². The molecule has 3 N–H and O–H groups in total. The molecule has 2 heterocycles. The summed E-state index contributed by atoms with van der Waals surface area (Å²) in [4.78, 5) is 53.3. The summed E-state index contributed by atoms with van der Waals surface area (Å²) in [5.74, 6) is -0.129. The highest BCUT2D eigenvalue weighted by Crippen LogP contribution is 2.23. The van der Waals surface area contributed by atoms with Crippen LogP contribution in [0.2, 0.25) is 0 Å². The lowest BCUT2D eigenvalue weighted by Crippen LogP contribution is -2.43. The van der Waals surface area contributed by atoms with Crippen LogP contribution >= 0.6 is 0 Å². The summed E-state index contributed by atoms with van der Waals surface area (Å²) >= 11 is 0. The zero-order valence-corrected chi connectivity index (χ0v) is 19.8. The number of nitrogens with one attached hydrogen (secondary N) is 1. The number of H-pyrrole nitrogens is 1. The number of hydrogen-bond acceptors (Lipinski definition) is 7. The van der Waals surface area contributed by atoms with Gasteiger partial charge >= 0.3 is 11.3 Å². The van der Waals surface area contributed by atoms with Crippen molar-refractivity contribution in [1.82, 2.24) is 9.55 Å². The Balaban J connectivity index is 1.91. The fourth-order valence-corrected chi connectivity index (χ4v) is 3.68. The van der Waals surface area contributed by atoms with Crippen molar-refractivity contribution in [2.75, 3.05) is 23.8 Å². The number of benzene rings is 1. The number of nitrogens with two attached hydrogens (primary N) is 1. The number of rotatable bonds is 9. The number of nitrogen functional groups attached to an aromatic ring is 1. The summed E-state index contributed by atoms with van der Waals surface area (Å²) in [5.41, 5.74) is 5.43. The topological polar surface area (TPSA) is 141 Å². The van der Waals surface area contributed by atoms with Crippen LogP contribution in [0.1, 0.15) is 39.2 Å². The highest BCUT2D eigenvalue weighted by Gasteiger charge is 2.24. The van der Waals surface area contributed by atoms with E-state index in [-0.39, 0.29) is 30.6 Å². The molecule has 0 aliphatic heterocycles. The Bertz CT molecular complexity index is 1370. The zero-order chi connectivity index (χ0) is 25.0. The molecule has 1 aromatic carbocycles. The van der Waals surface area contributed by atoms with Crippen LogP contribution in [-0.2, 0) is 11.3 Å². The summed E-state index contributed by atoms with van der Waals surface area (Å²) in [6.45, 7) is 7.73. The summed E-state index contributed by atoms with van der Waals surface area (Å²) in [6, 6.07) is 6.35. The molecular formula is C24H30N4O6. The van der Waals surface area contributed by atoms with Gasteiger partial charge in [-0.05, 0) is 37.0 Å². The zero-order valence-electron chi connectivity index (χ0n) is 19.8. The fraction of sp³-hybridized carbons (Fsp3) is 0.417. The number of fused-ring (bicyclic) bond motifs is 1. The van der Waals surface area contributed by atoms with E-state index in [9.17, 15) is 19.2 Å². The molecule has 0 saturated heterocycles. The number of nitrogens with zero attached hydrogens (tertiary/aromatic N) is 2. The second-order valence-electron chi connectivity index (χ2n) is 8.59.